The monoisotopic (exact) mass is 413 g/mol. The minimum Gasteiger partial charge on any atom is -0.348 e. The molecule has 29 heavy (non-hydrogen) atoms. The Morgan fingerprint density at radius 2 is 1.72 bits per heavy atom. The fourth-order valence-corrected chi connectivity index (χ4v) is 5.23. The van der Waals surface area contributed by atoms with E-state index in [1.54, 1.807) is 24.3 Å². The van der Waals surface area contributed by atoms with Gasteiger partial charge in [-0.15, -0.1) is 0 Å². The Labute approximate surface area is 168 Å². The van der Waals surface area contributed by atoms with Gasteiger partial charge < -0.3 is 9.88 Å². The SMILES string of the molecule is CC(=O)Nc1ccc(S(=O)(=O)N2CCn3cccc3C2c2ccc(F)cc2)cc1. The number of nitrogens with zero attached hydrogens (tertiary/aromatic N) is 2. The van der Waals surface area contributed by atoms with E-state index in [2.05, 4.69) is 5.32 Å². The zero-order valence-electron chi connectivity index (χ0n) is 15.7. The minimum atomic E-state index is -3.82. The molecule has 1 aliphatic rings. The smallest absolute Gasteiger partial charge is 0.244 e. The van der Waals surface area contributed by atoms with Crippen molar-refractivity contribution in [2.24, 2.45) is 0 Å². The van der Waals surface area contributed by atoms with Crippen LogP contribution in [0.4, 0.5) is 10.1 Å². The average molecular weight is 413 g/mol. The van der Waals surface area contributed by atoms with Crippen LogP contribution >= 0.6 is 0 Å². The number of carbonyl (C=O) groups is 1. The highest BCUT2D eigenvalue weighted by molar-refractivity contribution is 7.89. The summed E-state index contributed by atoms with van der Waals surface area (Å²) >= 11 is 0. The van der Waals surface area contributed by atoms with Crippen molar-refractivity contribution in [1.82, 2.24) is 8.87 Å². The van der Waals surface area contributed by atoms with Gasteiger partial charge in [-0.3, -0.25) is 4.79 Å². The molecular formula is C21H20FN3O3S. The lowest BCUT2D eigenvalue weighted by Gasteiger charge is -2.36. The highest BCUT2D eigenvalue weighted by Gasteiger charge is 2.37. The van der Waals surface area contributed by atoms with Gasteiger partial charge in [0.25, 0.3) is 0 Å². The van der Waals surface area contributed by atoms with Crippen LogP contribution in [0.2, 0.25) is 0 Å². The molecule has 0 saturated carbocycles. The number of rotatable bonds is 4. The lowest BCUT2D eigenvalue weighted by molar-refractivity contribution is -0.114. The molecule has 0 radical (unpaired) electrons. The van der Waals surface area contributed by atoms with Gasteiger partial charge in [0.2, 0.25) is 15.9 Å². The third kappa shape index (κ3) is 3.68. The zero-order valence-corrected chi connectivity index (χ0v) is 16.6. The van der Waals surface area contributed by atoms with Crippen molar-refractivity contribution in [2.75, 3.05) is 11.9 Å². The van der Waals surface area contributed by atoms with Crippen molar-refractivity contribution in [3.8, 4) is 0 Å². The van der Waals surface area contributed by atoms with E-state index >= 15 is 0 Å². The maximum atomic E-state index is 13.5. The van der Waals surface area contributed by atoms with Crippen LogP contribution in [-0.2, 0) is 21.4 Å². The van der Waals surface area contributed by atoms with E-state index in [-0.39, 0.29) is 16.6 Å². The second-order valence-electron chi connectivity index (χ2n) is 6.90. The van der Waals surface area contributed by atoms with Crippen LogP contribution in [0.5, 0.6) is 0 Å². The molecule has 4 rings (SSSR count). The molecule has 1 unspecified atom stereocenters. The van der Waals surface area contributed by atoms with Crippen LogP contribution < -0.4 is 5.32 Å². The van der Waals surface area contributed by atoms with Crippen molar-refractivity contribution in [3.63, 3.8) is 0 Å². The minimum absolute atomic E-state index is 0.138. The summed E-state index contributed by atoms with van der Waals surface area (Å²) in [5.41, 5.74) is 2.06. The van der Waals surface area contributed by atoms with E-state index in [9.17, 15) is 17.6 Å². The van der Waals surface area contributed by atoms with Gasteiger partial charge in [0, 0.05) is 37.6 Å². The largest absolute Gasteiger partial charge is 0.348 e. The molecule has 2 heterocycles. The van der Waals surface area contributed by atoms with Crippen LogP contribution in [-0.4, -0.2) is 29.7 Å². The zero-order chi connectivity index (χ0) is 20.6. The molecule has 1 aliphatic heterocycles. The lowest BCUT2D eigenvalue weighted by Crippen LogP contribution is -2.42. The maximum Gasteiger partial charge on any atom is 0.244 e. The van der Waals surface area contributed by atoms with Crippen LogP contribution in [0.25, 0.3) is 0 Å². The van der Waals surface area contributed by atoms with Crippen LogP contribution in [0.1, 0.15) is 24.2 Å². The Morgan fingerprint density at radius 1 is 1.03 bits per heavy atom. The maximum absolute atomic E-state index is 13.5. The third-order valence-corrected chi connectivity index (χ3v) is 6.84. The van der Waals surface area contributed by atoms with Crippen molar-refractivity contribution < 1.29 is 17.6 Å². The number of benzene rings is 2. The van der Waals surface area contributed by atoms with Gasteiger partial charge in [-0.2, -0.15) is 4.31 Å². The summed E-state index contributed by atoms with van der Waals surface area (Å²) in [6.07, 6.45) is 1.91. The number of aromatic nitrogens is 1. The molecule has 0 bridgehead atoms. The van der Waals surface area contributed by atoms with Gasteiger partial charge in [-0.1, -0.05) is 12.1 Å². The van der Waals surface area contributed by atoms with Crippen LogP contribution in [0, 0.1) is 5.82 Å². The Kier molecular flexibility index (Phi) is 4.97. The molecule has 150 valence electrons. The van der Waals surface area contributed by atoms with Gasteiger partial charge in [0.05, 0.1) is 10.9 Å². The molecule has 6 nitrogen and oxygen atoms in total. The number of sulfonamides is 1. The van der Waals surface area contributed by atoms with Crippen molar-refractivity contribution in [1.29, 1.82) is 0 Å². The average Bonchev–Trinajstić information content (AvgIpc) is 3.17. The summed E-state index contributed by atoms with van der Waals surface area (Å²) in [6.45, 7) is 2.21. The number of amides is 1. The molecule has 0 spiro atoms. The van der Waals surface area contributed by atoms with E-state index < -0.39 is 16.1 Å². The molecular weight excluding hydrogens is 393 g/mol. The first-order valence-corrected chi connectivity index (χ1v) is 10.6. The Balaban J connectivity index is 1.75. The first kappa shape index (κ1) is 19.4. The highest BCUT2D eigenvalue weighted by atomic mass is 32.2. The number of carbonyl (C=O) groups excluding carboxylic acids is 1. The first-order valence-electron chi connectivity index (χ1n) is 9.16. The molecule has 1 atom stereocenters. The molecule has 0 fully saturated rings. The van der Waals surface area contributed by atoms with E-state index in [0.29, 0.717) is 24.3 Å². The Bertz CT molecular complexity index is 1140. The van der Waals surface area contributed by atoms with Gasteiger partial charge in [-0.05, 0) is 54.1 Å². The fourth-order valence-electron chi connectivity index (χ4n) is 3.65. The quantitative estimate of drug-likeness (QED) is 0.713. The van der Waals surface area contributed by atoms with Gasteiger partial charge in [0.15, 0.2) is 0 Å². The molecule has 1 aromatic heterocycles. The summed E-state index contributed by atoms with van der Waals surface area (Å²) in [7, 11) is -3.82. The predicted octanol–water partition coefficient (Wildman–Crippen LogP) is 3.38. The van der Waals surface area contributed by atoms with Crippen molar-refractivity contribution >= 4 is 21.6 Å². The summed E-state index contributed by atoms with van der Waals surface area (Å²) in [5, 5.41) is 2.63. The number of hydrogen-bond acceptors (Lipinski definition) is 3. The van der Waals surface area contributed by atoms with Crippen molar-refractivity contribution in [2.45, 2.75) is 24.4 Å². The van der Waals surface area contributed by atoms with E-state index in [1.807, 2.05) is 22.9 Å². The predicted molar refractivity (Wildman–Crippen MR) is 107 cm³/mol. The number of halogens is 1. The number of hydrogen-bond donors (Lipinski definition) is 1. The topological polar surface area (TPSA) is 71.4 Å². The summed E-state index contributed by atoms with van der Waals surface area (Å²) < 4.78 is 43.8. The highest BCUT2D eigenvalue weighted by Crippen LogP contribution is 2.36. The summed E-state index contributed by atoms with van der Waals surface area (Å²) in [4.78, 5) is 11.3. The van der Waals surface area contributed by atoms with Crippen molar-refractivity contribution in [3.05, 3.63) is 83.9 Å². The molecule has 8 heteroatoms. The summed E-state index contributed by atoms with van der Waals surface area (Å²) in [5.74, 6) is -0.600. The van der Waals surface area contributed by atoms with Crippen LogP contribution in [0.3, 0.4) is 0 Å². The van der Waals surface area contributed by atoms with Gasteiger partial charge in [-0.25, -0.2) is 12.8 Å². The van der Waals surface area contributed by atoms with E-state index in [4.69, 9.17) is 0 Å². The third-order valence-electron chi connectivity index (χ3n) is 4.96. The molecule has 3 aromatic rings. The fraction of sp³-hybridized carbons (Fsp3) is 0.190. The lowest BCUT2D eigenvalue weighted by atomic mass is 10.0. The summed E-state index contributed by atoms with van der Waals surface area (Å²) in [6, 6.07) is 15.2. The second-order valence-corrected chi connectivity index (χ2v) is 8.79. The van der Waals surface area contributed by atoms with E-state index in [1.165, 1.54) is 35.5 Å². The second kappa shape index (κ2) is 7.46. The molecule has 2 aromatic carbocycles. The Morgan fingerprint density at radius 3 is 2.38 bits per heavy atom. The van der Waals surface area contributed by atoms with E-state index in [0.717, 1.165) is 5.69 Å². The standard InChI is InChI=1S/C21H20FN3O3S/c1-15(26)23-18-8-10-19(11-9-18)29(27,28)25-14-13-24-12-2-3-20(24)21(25)16-4-6-17(22)7-5-16/h2-12,21H,13-14H2,1H3,(H,23,26). The van der Waals surface area contributed by atoms with Gasteiger partial charge >= 0.3 is 0 Å². The molecule has 1 amide bonds. The molecule has 1 N–H and O–H groups in total. The number of anilines is 1. The normalized spacial score (nSPS) is 17.0. The van der Waals surface area contributed by atoms with Crippen LogP contribution in [0.15, 0.2) is 71.8 Å². The molecule has 0 aliphatic carbocycles. The Hall–Kier alpha value is -2.97. The molecule has 0 saturated heterocycles. The number of fused-ring (bicyclic) bond motifs is 1. The van der Waals surface area contributed by atoms with Gasteiger partial charge in [0.1, 0.15) is 5.82 Å². The number of nitrogens with one attached hydrogen (secondary N) is 1. The first-order chi connectivity index (χ1) is 13.9.